The topological polar surface area (TPSA) is 52.6 Å². The van der Waals surface area contributed by atoms with E-state index in [4.69, 9.17) is 9.47 Å². The van der Waals surface area contributed by atoms with Gasteiger partial charge in [0.05, 0.1) is 5.56 Å². The maximum atomic E-state index is 12.2. The Hall–Kier alpha value is -2.10. The number of hydrogen-bond acceptors (Lipinski definition) is 4. The lowest BCUT2D eigenvalue weighted by molar-refractivity contribution is -0.224. The van der Waals surface area contributed by atoms with Crippen molar-refractivity contribution in [1.82, 2.24) is 0 Å². The highest BCUT2D eigenvalue weighted by Crippen LogP contribution is 2.49. The molecule has 1 saturated carbocycles. The van der Waals surface area contributed by atoms with Crippen LogP contribution in [0.25, 0.3) is 0 Å². The lowest BCUT2D eigenvalue weighted by atomic mass is 9.66. The lowest BCUT2D eigenvalue weighted by Crippen LogP contribution is -2.52. The summed E-state index contributed by atoms with van der Waals surface area (Å²) in [5.41, 5.74) is 0.453. The highest BCUT2D eigenvalue weighted by atomic mass is 16.7. The van der Waals surface area contributed by atoms with Crippen LogP contribution in [0.4, 0.5) is 0 Å². The molecule has 0 aliphatic heterocycles. The quantitative estimate of drug-likeness (QED) is 0.482. The largest absolute Gasteiger partial charge is 0.418 e. The van der Waals surface area contributed by atoms with Crippen molar-refractivity contribution in [2.75, 3.05) is 0 Å². The number of benzene rings is 1. The van der Waals surface area contributed by atoms with Crippen molar-refractivity contribution >= 4 is 11.9 Å². The molecule has 1 aromatic carbocycles. The van der Waals surface area contributed by atoms with Crippen LogP contribution in [0.2, 0.25) is 0 Å². The number of fused-ring (bicyclic) bond motifs is 1. The first-order valence-corrected chi connectivity index (χ1v) is 6.76. The molecule has 0 amide bonds. The van der Waals surface area contributed by atoms with Gasteiger partial charge in [-0.05, 0) is 37.0 Å². The third-order valence-electron chi connectivity index (χ3n) is 3.91. The molecule has 0 radical (unpaired) electrons. The molecule has 3 aliphatic rings. The van der Waals surface area contributed by atoms with Crippen LogP contribution in [0.1, 0.15) is 30.1 Å². The van der Waals surface area contributed by atoms with Gasteiger partial charge in [-0.25, -0.2) is 4.79 Å². The van der Waals surface area contributed by atoms with E-state index in [0.717, 1.165) is 12.8 Å². The fraction of sp³-hybridized carbons (Fsp3) is 0.375. The number of esters is 2. The molecule has 4 heteroatoms. The van der Waals surface area contributed by atoms with Crippen LogP contribution in [0.3, 0.4) is 0 Å². The van der Waals surface area contributed by atoms with Gasteiger partial charge in [0.25, 0.3) is 5.79 Å². The van der Waals surface area contributed by atoms with Crippen LogP contribution < -0.4 is 0 Å². The summed E-state index contributed by atoms with van der Waals surface area (Å²) in [6, 6.07) is 8.73. The van der Waals surface area contributed by atoms with Crippen molar-refractivity contribution in [1.29, 1.82) is 0 Å². The van der Waals surface area contributed by atoms with Crippen molar-refractivity contribution in [2.45, 2.75) is 25.6 Å². The smallest absolute Gasteiger partial charge is 0.341 e. The summed E-state index contributed by atoms with van der Waals surface area (Å²) in [6.45, 7) is 1.33. The van der Waals surface area contributed by atoms with E-state index < -0.39 is 17.7 Å². The van der Waals surface area contributed by atoms with Gasteiger partial charge in [-0.3, -0.25) is 4.79 Å². The van der Waals surface area contributed by atoms with Gasteiger partial charge in [-0.1, -0.05) is 24.3 Å². The summed E-state index contributed by atoms with van der Waals surface area (Å²) >= 11 is 0. The molecular weight excluding hydrogens is 256 g/mol. The fourth-order valence-electron chi connectivity index (χ4n) is 2.81. The van der Waals surface area contributed by atoms with E-state index in [1.165, 1.54) is 6.92 Å². The highest BCUT2D eigenvalue weighted by molar-refractivity contribution is 5.89. The van der Waals surface area contributed by atoms with Gasteiger partial charge >= 0.3 is 11.9 Å². The Bertz CT molecular complexity index is 557. The molecule has 104 valence electrons. The molecule has 0 spiro atoms. The van der Waals surface area contributed by atoms with Crippen molar-refractivity contribution < 1.29 is 19.1 Å². The Morgan fingerprint density at radius 1 is 1.15 bits per heavy atom. The Morgan fingerprint density at radius 3 is 2.40 bits per heavy atom. The Kier molecular flexibility index (Phi) is 3.08. The number of carbonyl (C=O) groups is 2. The summed E-state index contributed by atoms with van der Waals surface area (Å²) in [5.74, 6) is -1.55. The van der Waals surface area contributed by atoms with Crippen LogP contribution in [-0.4, -0.2) is 17.7 Å². The maximum Gasteiger partial charge on any atom is 0.341 e. The predicted molar refractivity (Wildman–Crippen MR) is 71.7 cm³/mol. The van der Waals surface area contributed by atoms with Crippen LogP contribution in [0.5, 0.6) is 0 Å². The third kappa shape index (κ3) is 2.22. The summed E-state index contributed by atoms with van der Waals surface area (Å²) < 4.78 is 10.9. The number of ether oxygens (including phenoxy) is 2. The standard InChI is InChI=1S/C16H16O4/c1-11(17)19-16(8-7-12-9-14(16)10-12)20-15(18)13-5-3-2-4-6-13/h2-8,12,14H,9-10H2,1H3. The molecule has 0 heterocycles. The van der Waals surface area contributed by atoms with Gasteiger partial charge in [0.1, 0.15) is 0 Å². The lowest BCUT2D eigenvalue weighted by Gasteiger charge is -2.48. The molecule has 1 unspecified atom stereocenters. The fourth-order valence-corrected chi connectivity index (χ4v) is 2.81. The van der Waals surface area contributed by atoms with Crippen molar-refractivity contribution in [3.05, 3.63) is 48.0 Å². The van der Waals surface area contributed by atoms with E-state index in [2.05, 4.69) is 0 Å². The van der Waals surface area contributed by atoms with Gasteiger partial charge in [0, 0.05) is 12.8 Å². The van der Waals surface area contributed by atoms with Gasteiger partial charge < -0.3 is 9.47 Å². The summed E-state index contributed by atoms with van der Waals surface area (Å²) in [7, 11) is 0. The Labute approximate surface area is 117 Å². The highest BCUT2D eigenvalue weighted by Gasteiger charge is 2.53. The van der Waals surface area contributed by atoms with E-state index in [1.807, 2.05) is 12.1 Å². The van der Waals surface area contributed by atoms with Crippen molar-refractivity contribution in [3.63, 3.8) is 0 Å². The van der Waals surface area contributed by atoms with Crippen LogP contribution in [0, 0.1) is 11.8 Å². The summed E-state index contributed by atoms with van der Waals surface area (Å²) in [5, 5.41) is 0. The second kappa shape index (κ2) is 4.78. The Balaban J connectivity index is 1.84. The second-order valence-electron chi connectivity index (χ2n) is 5.36. The van der Waals surface area contributed by atoms with Crippen molar-refractivity contribution in [3.8, 4) is 0 Å². The minimum Gasteiger partial charge on any atom is -0.418 e. The summed E-state index contributed by atoms with van der Waals surface area (Å²) in [4.78, 5) is 23.6. The molecule has 1 fully saturated rings. The molecule has 1 atom stereocenters. The molecule has 2 bridgehead atoms. The molecule has 0 saturated heterocycles. The van der Waals surface area contributed by atoms with Crippen LogP contribution in [0.15, 0.2) is 42.5 Å². The molecule has 3 aliphatic carbocycles. The molecule has 4 rings (SSSR count). The van der Waals surface area contributed by atoms with Gasteiger partial charge in [-0.2, -0.15) is 0 Å². The first kappa shape index (κ1) is 12.9. The maximum absolute atomic E-state index is 12.2. The zero-order chi connectivity index (χ0) is 14.2. The molecule has 4 nitrogen and oxygen atoms in total. The zero-order valence-corrected chi connectivity index (χ0v) is 11.2. The SMILES string of the molecule is CC(=O)OC1(OC(=O)c2ccccc2)C=CC2CC1C2. The van der Waals surface area contributed by atoms with E-state index in [-0.39, 0.29) is 5.92 Å². The number of hydrogen-bond donors (Lipinski definition) is 0. The van der Waals surface area contributed by atoms with E-state index in [1.54, 1.807) is 30.3 Å². The van der Waals surface area contributed by atoms with E-state index in [0.29, 0.717) is 11.5 Å². The van der Waals surface area contributed by atoms with Crippen LogP contribution in [-0.2, 0) is 14.3 Å². The van der Waals surface area contributed by atoms with Gasteiger partial charge in [0.15, 0.2) is 0 Å². The first-order chi connectivity index (χ1) is 9.59. The average molecular weight is 272 g/mol. The average Bonchev–Trinajstić information content (AvgIpc) is 2.37. The number of allylic oxidation sites excluding steroid dienone is 1. The zero-order valence-electron chi connectivity index (χ0n) is 11.2. The molecule has 0 aromatic heterocycles. The predicted octanol–water partition coefficient (Wildman–Crippen LogP) is 2.70. The monoisotopic (exact) mass is 272 g/mol. The summed E-state index contributed by atoms with van der Waals surface area (Å²) in [6.07, 6.45) is 5.48. The van der Waals surface area contributed by atoms with Gasteiger partial charge in [0.2, 0.25) is 0 Å². The van der Waals surface area contributed by atoms with Gasteiger partial charge in [-0.15, -0.1) is 0 Å². The molecule has 0 N–H and O–H groups in total. The molecule has 20 heavy (non-hydrogen) atoms. The van der Waals surface area contributed by atoms with E-state index in [9.17, 15) is 9.59 Å². The third-order valence-corrected chi connectivity index (χ3v) is 3.91. The minimum atomic E-state index is -1.23. The minimum absolute atomic E-state index is 0.0639. The number of rotatable bonds is 3. The second-order valence-corrected chi connectivity index (χ2v) is 5.36. The molecule has 1 aromatic rings. The normalized spacial score (nSPS) is 30.2. The number of carbonyl (C=O) groups excluding carboxylic acids is 2. The first-order valence-electron chi connectivity index (χ1n) is 6.76. The Morgan fingerprint density at radius 2 is 1.85 bits per heavy atom. The van der Waals surface area contributed by atoms with Crippen LogP contribution >= 0.6 is 0 Å². The van der Waals surface area contributed by atoms with E-state index >= 15 is 0 Å². The van der Waals surface area contributed by atoms with Crippen molar-refractivity contribution in [2.24, 2.45) is 11.8 Å². The molecular formula is C16H16O4.